The first-order valence-electron chi connectivity index (χ1n) is 5.90. The summed E-state index contributed by atoms with van der Waals surface area (Å²) in [4.78, 5) is 2.51. The summed E-state index contributed by atoms with van der Waals surface area (Å²) < 4.78 is 1.13. The van der Waals surface area contributed by atoms with E-state index < -0.39 is 0 Å². The Bertz CT molecular complexity index is 336. The molecule has 0 spiro atoms. The van der Waals surface area contributed by atoms with Crippen molar-refractivity contribution >= 4 is 15.9 Å². The van der Waals surface area contributed by atoms with Crippen LogP contribution in [0.25, 0.3) is 0 Å². The molecule has 1 saturated heterocycles. The van der Waals surface area contributed by atoms with Gasteiger partial charge in [-0.15, -0.1) is 0 Å². The summed E-state index contributed by atoms with van der Waals surface area (Å²) >= 11 is 3.46. The number of benzene rings is 1. The lowest BCUT2D eigenvalue weighted by atomic mass is 10.1. The van der Waals surface area contributed by atoms with Gasteiger partial charge in [0.25, 0.3) is 0 Å². The van der Waals surface area contributed by atoms with Crippen molar-refractivity contribution < 1.29 is 0 Å². The minimum Gasteiger partial charge on any atom is -0.329 e. The van der Waals surface area contributed by atoms with E-state index in [-0.39, 0.29) is 0 Å². The summed E-state index contributed by atoms with van der Waals surface area (Å²) in [6, 6.07) is 8.92. The average molecular weight is 283 g/mol. The van der Waals surface area contributed by atoms with Crippen LogP contribution in [0.5, 0.6) is 0 Å². The van der Waals surface area contributed by atoms with Gasteiger partial charge in [-0.1, -0.05) is 35.0 Å². The maximum Gasteiger partial charge on any atom is 0.0470 e. The van der Waals surface area contributed by atoms with Crippen LogP contribution < -0.4 is 5.73 Å². The number of halogens is 1. The van der Waals surface area contributed by atoms with E-state index in [0.717, 1.165) is 10.4 Å². The highest BCUT2D eigenvalue weighted by Crippen LogP contribution is 2.27. The topological polar surface area (TPSA) is 29.3 Å². The molecule has 0 amide bonds. The monoisotopic (exact) mass is 282 g/mol. The van der Waals surface area contributed by atoms with Crippen molar-refractivity contribution in [1.82, 2.24) is 4.90 Å². The molecule has 0 bridgehead atoms. The maximum atomic E-state index is 5.91. The van der Waals surface area contributed by atoms with Gasteiger partial charge in [0.1, 0.15) is 0 Å². The van der Waals surface area contributed by atoms with E-state index >= 15 is 0 Å². The highest BCUT2D eigenvalue weighted by atomic mass is 79.9. The lowest BCUT2D eigenvalue weighted by Gasteiger charge is -2.27. The Hall–Kier alpha value is -0.380. The minimum absolute atomic E-state index is 0.387. The molecule has 2 atom stereocenters. The highest BCUT2D eigenvalue weighted by Gasteiger charge is 2.25. The van der Waals surface area contributed by atoms with Gasteiger partial charge in [0.2, 0.25) is 0 Å². The fraction of sp³-hybridized carbons (Fsp3) is 0.538. The van der Waals surface area contributed by atoms with Crippen molar-refractivity contribution in [2.75, 3.05) is 19.6 Å². The third-order valence-corrected chi connectivity index (χ3v) is 3.90. The van der Waals surface area contributed by atoms with Gasteiger partial charge in [0.05, 0.1) is 0 Å². The summed E-state index contributed by atoms with van der Waals surface area (Å²) in [6.45, 7) is 5.38. The Labute approximate surface area is 106 Å². The summed E-state index contributed by atoms with van der Waals surface area (Å²) in [7, 11) is 0. The van der Waals surface area contributed by atoms with Crippen molar-refractivity contribution in [2.45, 2.75) is 19.4 Å². The molecule has 2 N–H and O–H groups in total. The van der Waals surface area contributed by atoms with Gasteiger partial charge in [-0.05, 0) is 36.6 Å². The van der Waals surface area contributed by atoms with Crippen molar-refractivity contribution in [3.63, 3.8) is 0 Å². The molecule has 0 aliphatic carbocycles. The van der Waals surface area contributed by atoms with Crippen LogP contribution in [-0.2, 0) is 0 Å². The summed E-state index contributed by atoms with van der Waals surface area (Å²) in [5.41, 5.74) is 7.25. The zero-order chi connectivity index (χ0) is 11.5. The summed E-state index contributed by atoms with van der Waals surface area (Å²) in [5, 5.41) is 0. The second-order valence-electron chi connectivity index (χ2n) is 4.69. The predicted molar refractivity (Wildman–Crippen MR) is 71.3 cm³/mol. The maximum absolute atomic E-state index is 5.91. The lowest BCUT2D eigenvalue weighted by Crippen LogP contribution is -2.31. The molecule has 0 aromatic heterocycles. The Kier molecular flexibility index (Phi) is 4.00. The number of hydrogen-bond donors (Lipinski definition) is 1. The summed E-state index contributed by atoms with van der Waals surface area (Å²) in [6.07, 6.45) is 1.30. The van der Waals surface area contributed by atoms with Crippen LogP contribution in [0.2, 0.25) is 0 Å². The number of nitrogens with two attached hydrogens (primary N) is 1. The third-order valence-electron chi connectivity index (χ3n) is 3.37. The molecule has 88 valence electrons. The molecule has 1 aliphatic rings. The van der Waals surface area contributed by atoms with E-state index in [1.54, 1.807) is 0 Å². The Morgan fingerprint density at radius 3 is 2.62 bits per heavy atom. The lowest BCUT2D eigenvalue weighted by molar-refractivity contribution is 0.244. The normalized spacial score (nSPS) is 23.6. The van der Waals surface area contributed by atoms with E-state index in [9.17, 15) is 0 Å². The Morgan fingerprint density at radius 1 is 1.44 bits per heavy atom. The van der Waals surface area contributed by atoms with Crippen LogP contribution >= 0.6 is 15.9 Å². The molecule has 1 fully saturated rings. The zero-order valence-corrected chi connectivity index (χ0v) is 11.3. The van der Waals surface area contributed by atoms with Crippen LogP contribution in [0.1, 0.15) is 24.9 Å². The van der Waals surface area contributed by atoms with Crippen LogP contribution in [-0.4, -0.2) is 24.5 Å². The molecule has 1 aromatic rings. The number of likely N-dealkylation sites (tertiary alicyclic amines) is 1. The largest absolute Gasteiger partial charge is 0.329 e. The van der Waals surface area contributed by atoms with Gasteiger partial charge >= 0.3 is 0 Å². The van der Waals surface area contributed by atoms with Crippen LogP contribution in [0.4, 0.5) is 0 Å². The fourth-order valence-electron chi connectivity index (χ4n) is 2.43. The first-order chi connectivity index (χ1) is 7.70. The zero-order valence-electron chi connectivity index (χ0n) is 9.70. The van der Waals surface area contributed by atoms with E-state index in [2.05, 4.69) is 52.0 Å². The molecule has 16 heavy (non-hydrogen) atoms. The van der Waals surface area contributed by atoms with Gasteiger partial charge < -0.3 is 5.73 Å². The molecule has 2 rings (SSSR count). The molecule has 0 saturated carbocycles. The molecule has 1 heterocycles. The highest BCUT2D eigenvalue weighted by molar-refractivity contribution is 9.10. The molecular weight excluding hydrogens is 264 g/mol. The van der Waals surface area contributed by atoms with Gasteiger partial charge in [0.15, 0.2) is 0 Å². The van der Waals surface area contributed by atoms with Gasteiger partial charge in [-0.2, -0.15) is 0 Å². The number of rotatable bonds is 3. The summed E-state index contributed by atoms with van der Waals surface area (Å²) in [5.74, 6) is 0.810. The van der Waals surface area contributed by atoms with Crippen molar-refractivity contribution in [2.24, 2.45) is 11.7 Å². The standard InChI is InChI=1S/C13H19BrN2/c1-10-6-7-16(9-10)13(8-15)11-2-4-12(14)5-3-11/h2-5,10,13H,6-9,15H2,1H3. The second-order valence-corrected chi connectivity index (χ2v) is 5.61. The van der Waals surface area contributed by atoms with Crippen LogP contribution in [0.3, 0.4) is 0 Å². The SMILES string of the molecule is CC1CCN(C(CN)c2ccc(Br)cc2)C1. The van der Waals surface area contributed by atoms with E-state index in [1.165, 1.54) is 25.1 Å². The second kappa shape index (κ2) is 5.30. The minimum atomic E-state index is 0.387. The van der Waals surface area contributed by atoms with Gasteiger partial charge in [-0.25, -0.2) is 0 Å². The Balaban J connectivity index is 2.13. The molecule has 2 unspecified atom stereocenters. The first kappa shape index (κ1) is 12.1. The van der Waals surface area contributed by atoms with Crippen molar-refractivity contribution in [3.8, 4) is 0 Å². The quantitative estimate of drug-likeness (QED) is 0.924. The van der Waals surface area contributed by atoms with Gasteiger partial charge in [-0.3, -0.25) is 4.90 Å². The number of hydrogen-bond acceptors (Lipinski definition) is 2. The fourth-order valence-corrected chi connectivity index (χ4v) is 2.70. The molecule has 0 radical (unpaired) electrons. The van der Waals surface area contributed by atoms with Crippen molar-refractivity contribution in [1.29, 1.82) is 0 Å². The third kappa shape index (κ3) is 2.65. The number of nitrogens with zero attached hydrogens (tertiary/aromatic N) is 1. The molecule has 1 aromatic carbocycles. The molecule has 1 aliphatic heterocycles. The van der Waals surface area contributed by atoms with E-state index in [1.807, 2.05) is 0 Å². The molecular formula is C13H19BrN2. The van der Waals surface area contributed by atoms with Gasteiger partial charge in [0, 0.05) is 23.6 Å². The Morgan fingerprint density at radius 2 is 2.12 bits per heavy atom. The van der Waals surface area contributed by atoms with Crippen LogP contribution in [0.15, 0.2) is 28.7 Å². The first-order valence-corrected chi connectivity index (χ1v) is 6.69. The molecule has 3 heteroatoms. The van der Waals surface area contributed by atoms with Crippen LogP contribution in [0, 0.1) is 5.92 Å². The average Bonchev–Trinajstić information content (AvgIpc) is 2.69. The van der Waals surface area contributed by atoms with E-state index in [4.69, 9.17) is 5.73 Å². The van der Waals surface area contributed by atoms with Crippen molar-refractivity contribution in [3.05, 3.63) is 34.3 Å². The van der Waals surface area contributed by atoms with E-state index in [0.29, 0.717) is 12.6 Å². The smallest absolute Gasteiger partial charge is 0.0470 e. The predicted octanol–water partition coefficient (Wildman–Crippen LogP) is 2.79. The molecule has 2 nitrogen and oxygen atoms in total.